The second-order valence-electron chi connectivity index (χ2n) is 3.02. The third kappa shape index (κ3) is 1.59. The highest BCUT2D eigenvalue weighted by Gasteiger charge is 2.10. The maximum Gasteiger partial charge on any atom is 0.213 e. The Hall–Kier alpha value is -1.73. The lowest BCUT2D eigenvalue weighted by molar-refractivity contribution is 0.582. The molecule has 80 valence electrons. The van der Waals surface area contributed by atoms with E-state index >= 15 is 0 Å². The Labute approximate surface area is 99.2 Å². The van der Waals surface area contributed by atoms with Crippen LogP contribution in [0.5, 0.6) is 0 Å². The zero-order chi connectivity index (χ0) is 11.0. The molecule has 0 aromatic carbocycles. The maximum absolute atomic E-state index is 5.26. The van der Waals surface area contributed by atoms with Crippen molar-refractivity contribution in [2.24, 2.45) is 0 Å². The molecule has 0 bridgehead atoms. The van der Waals surface area contributed by atoms with E-state index in [4.69, 9.17) is 16.6 Å². The summed E-state index contributed by atoms with van der Waals surface area (Å²) in [6, 6.07) is 3.70. The lowest BCUT2D eigenvalue weighted by Crippen LogP contribution is -1.73. The normalized spacial score (nSPS) is 10.8. The number of nitrogens with zero attached hydrogens (tertiary/aromatic N) is 2. The Morgan fingerprint density at radius 2 is 2.31 bits per heavy atom. The fraction of sp³-hybridized carbons (Fsp3) is 0. The standard InChI is InChI=1S/C9H6N4OS2/c15-9-11-7(12-13-9)6-4-10-8(16-6)5-2-1-3-14-5/h1-4H,(H2,11,12,13,15). The Balaban J connectivity index is 2.03. The van der Waals surface area contributed by atoms with Gasteiger partial charge in [0, 0.05) is 6.20 Å². The largest absolute Gasteiger partial charge is 0.462 e. The molecular weight excluding hydrogens is 244 g/mol. The molecule has 5 nitrogen and oxygen atoms in total. The van der Waals surface area contributed by atoms with Gasteiger partial charge in [0.15, 0.2) is 16.6 Å². The molecule has 0 aliphatic carbocycles. The van der Waals surface area contributed by atoms with E-state index < -0.39 is 0 Å². The van der Waals surface area contributed by atoms with Gasteiger partial charge < -0.3 is 4.42 Å². The Kier molecular flexibility index (Phi) is 2.19. The minimum absolute atomic E-state index is 0.433. The van der Waals surface area contributed by atoms with E-state index in [1.165, 1.54) is 11.3 Å². The van der Waals surface area contributed by atoms with Crippen molar-refractivity contribution in [2.75, 3.05) is 0 Å². The molecule has 0 unspecified atom stereocenters. The Morgan fingerprint density at radius 3 is 3.00 bits per heavy atom. The molecule has 0 aliphatic rings. The van der Waals surface area contributed by atoms with Gasteiger partial charge in [0.2, 0.25) is 4.77 Å². The van der Waals surface area contributed by atoms with E-state index in [-0.39, 0.29) is 0 Å². The average molecular weight is 250 g/mol. The smallest absolute Gasteiger partial charge is 0.213 e. The number of hydrogen-bond acceptors (Lipinski definition) is 5. The van der Waals surface area contributed by atoms with Crippen LogP contribution in [-0.4, -0.2) is 20.2 Å². The zero-order valence-electron chi connectivity index (χ0n) is 7.93. The molecular formula is C9H6N4OS2. The summed E-state index contributed by atoms with van der Waals surface area (Å²) in [5.74, 6) is 1.45. The summed E-state index contributed by atoms with van der Waals surface area (Å²) < 4.78 is 5.70. The van der Waals surface area contributed by atoms with E-state index in [0.717, 1.165) is 15.6 Å². The van der Waals surface area contributed by atoms with Crippen LogP contribution in [0.25, 0.3) is 21.5 Å². The summed E-state index contributed by atoms with van der Waals surface area (Å²) in [7, 11) is 0. The molecule has 3 rings (SSSR count). The predicted octanol–water partition coefficient (Wildman–Crippen LogP) is 2.85. The molecule has 0 amide bonds. The van der Waals surface area contributed by atoms with Gasteiger partial charge in [-0.2, -0.15) is 4.98 Å². The van der Waals surface area contributed by atoms with Crippen LogP contribution in [0.3, 0.4) is 0 Å². The number of furan rings is 1. The van der Waals surface area contributed by atoms with Crippen molar-refractivity contribution in [2.45, 2.75) is 0 Å². The molecule has 2 N–H and O–H groups in total. The van der Waals surface area contributed by atoms with Gasteiger partial charge in [0.25, 0.3) is 0 Å². The molecule has 0 radical (unpaired) electrons. The van der Waals surface area contributed by atoms with Gasteiger partial charge in [-0.25, -0.2) is 4.98 Å². The Morgan fingerprint density at radius 1 is 1.38 bits per heavy atom. The lowest BCUT2D eigenvalue weighted by Gasteiger charge is -1.86. The van der Waals surface area contributed by atoms with Gasteiger partial charge in [0.05, 0.1) is 11.1 Å². The van der Waals surface area contributed by atoms with E-state index in [1.807, 2.05) is 12.1 Å². The molecule has 7 heteroatoms. The SMILES string of the molecule is S=c1nc(-c2cnc(-c3ccco3)s2)[nH][nH]1. The van der Waals surface area contributed by atoms with Crippen LogP contribution < -0.4 is 0 Å². The topological polar surface area (TPSA) is 70.5 Å². The average Bonchev–Trinajstić information content (AvgIpc) is 2.97. The number of aromatic nitrogens is 4. The quantitative estimate of drug-likeness (QED) is 0.686. The highest BCUT2D eigenvalue weighted by molar-refractivity contribution is 7.71. The van der Waals surface area contributed by atoms with Crippen LogP contribution in [0, 0.1) is 4.77 Å². The molecule has 0 spiro atoms. The highest BCUT2D eigenvalue weighted by Crippen LogP contribution is 2.29. The van der Waals surface area contributed by atoms with Crippen molar-refractivity contribution in [3.8, 4) is 21.5 Å². The van der Waals surface area contributed by atoms with Crippen molar-refractivity contribution in [1.29, 1.82) is 0 Å². The first-order chi connectivity index (χ1) is 7.83. The molecule has 3 aromatic heterocycles. The van der Waals surface area contributed by atoms with Crippen LogP contribution in [0.15, 0.2) is 29.0 Å². The van der Waals surface area contributed by atoms with Crippen molar-refractivity contribution in [1.82, 2.24) is 20.2 Å². The molecule has 3 aromatic rings. The summed E-state index contributed by atoms with van der Waals surface area (Å²) in [5.41, 5.74) is 0. The molecule has 0 saturated heterocycles. The molecule has 0 fully saturated rings. The monoisotopic (exact) mass is 250 g/mol. The van der Waals surface area contributed by atoms with E-state index in [9.17, 15) is 0 Å². The second-order valence-corrected chi connectivity index (χ2v) is 4.44. The second kappa shape index (κ2) is 3.69. The number of thiazole rings is 1. The molecule has 0 saturated carbocycles. The maximum atomic E-state index is 5.26. The van der Waals surface area contributed by atoms with Gasteiger partial charge in [0.1, 0.15) is 0 Å². The number of nitrogens with one attached hydrogen (secondary N) is 2. The third-order valence-corrected chi connectivity index (χ3v) is 3.18. The van der Waals surface area contributed by atoms with Gasteiger partial charge >= 0.3 is 0 Å². The van der Waals surface area contributed by atoms with Crippen molar-refractivity contribution in [3.05, 3.63) is 29.4 Å². The molecule has 0 atom stereocenters. The molecule has 0 aliphatic heterocycles. The third-order valence-electron chi connectivity index (χ3n) is 1.97. The lowest BCUT2D eigenvalue weighted by atomic mass is 10.5. The summed E-state index contributed by atoms with van der Waals surface area (Å²) in [6.45, 7) is 0. The van der Waals surface area contributed by atoms with E-state index in [0.29, 0.717) is 10.6 Å². The first-order valence-electron chi connectivity index (χ1n) is 4.48. The van der Waals surface area contributed by atoms with Gasteiger partial charge in [-0.15, -0.1) is 11.3 Å². The fourth-order valence-corrected chi connectivity index (χ4v) is 2.26. The van der Waals surface area contributed by atoms with E-state index in [2.05, 4.69) is 20.2 Å². The van der Waals surface area contributed by atoms with Crippen LogP contribution in [0.1, 0.15) is 0 Å². The number of H-pyrrole nitrogens is 2. The summed E-state index contributed by atoms with van der Waals surface area (Å²) >= 11 is 6.38. The number of aromatic amines is 2. The fourth-order valence-electron chi connectivity index (χ4n) is 1.28. The van der Waals surface area contributed by atoms with Gasteiger partial charge in [-0.3, -0.25) is 10.2 Å². The summed E-state index contributed by atoms with van der Waals surface area (Å²) in [6.07, 6.45) is 3.36. The number of hydrogen-bond donors (Lipinski definition) is 2. The number of rotatable bonds is 2. The van der Waals surface area contributed by atoms with Crippen LogP contribution in [0.2, 0.25) is 0 Å². The van der Waals surface area contributed by atoms with Crippen molar-refractivity contribution >= 4 is 23.6 Å². The van der Waals surface area contributed by atoms with Crippen molar-refractivity contribution < 1.29 is 4.42 Å². The van der Waals surface area contributed by atoms with E-state index in [1.54, 1.807) is 12.5 Å². The van der Waals surface area contributed by atoms with Crippen molar-refractivity contribution in [3.63, 3.8) is 0 Å². The van der Waals surface area contributed by atoms with Gasteiger partial charge in [-0.05, 0) is 24.4 Å². The zero-order valence-corrected chi connectivity index (χ0v) is 9.56. The minimum Gasteiger partial charge on any atom is -0.462 e. The van der Waals surface area contributed by atoms with Crippen LogP contribution >= 0.6 is 23.6 Å². The van der Waals surface area contributed by atoms with Gasteiger partial charge in [-0.1, -0.05) is 0 Å². The molecule has 3 heterocycles. The summed E-state index contributed by atoms with van der Waals surface area (Å²) in [5, 5.41) is 6.45. The van der Waals surface area contributed by atoms with Crippen LogP contribution in [-0.2, 0) is 0 Å². The predicted molar refractivity (Wildman–Crippen MR) is 62.6 cm³/mol. The Bertz CT molecular complexity index is 649. The first kappa shape index (κ1) is 9.49. The molecule has 16 heavy (non-hydrogen) atoms. The highest BCUT2D eigenvalue weighted by atomic mass is 32.1. The van der Waals surface area contributed by atoms with Crippen LogP contribution in [0.4, 0.5) is 0 Å². The summed E-state index contributed by atoms with van der Waals surface area (Å²) in [4.78, 5) is 9.30. The first-order valence-corrected chi connectivity index (χ1v) is 5.70. The minimum atomic E-state index is 0.433.